The van der Waals surface area contributed by atoms with Gasteiger partial charge in [-0.05, 0) is 70.2 Å². The molecule has 0 bridgehead atoms. The zero-order chi connectivity index (χ0) is 22.9. The number of benzene rings is 1. The van der Waals surface area contributed by atoms with Gasteiger partial charge >= 0.3 is 12.1 Å². The van der Waals surface area contributed by atoms with Crippen LogP contribution < -0.4 is 10.2 Å². The standard InChI is InChI=1S/C23H37ClN2O4/c1-8-12-26(13-11-24)20-10-9-16(2)19(17(20)3)14-18(15-21(27)29-7)25-22(28)30-23(4,5)6/h9-10,18H,8,11-15H2,1-7H3,(H,25,28). The van der Waals surface area contributed by atoms with Gasteiger partial charge in [0.25, 0.3) is 0 Å². The molecule has 0 fully saturated rings. The number of alkyl carbamates (subject to hydrolysis) is 1. The van der Waals surface area contributed by atoms with Crippen LogP contribution in [0.1, 0.15) is 57.2 Å². The smallest absolute Gasteiger partial charge is 0.407 e. The molecular formula is C23H37ClN2O4. The third-order valence-electron chi connectivity index (χ3n) is 4.80. The van der Waals surface area contributed by atoms with E-state index in [4.69, 9.17) is 21.1 Å². The lowest BCUT2D eigenvalue weighted by Crippen LogP contribution is -2.41. The fourth-order valence-corrected chi connectivity index (χ4v) is 3.64. The van der Waals surface area contributed by atoms with E-state index in [9.17, 15) is 9.59 Å². The minimum absolute atomic E-state index is 0.0687. The number of carbonyl (C=O) groups is 2. The molecule has 0 aliphatic heterocycles. The molecule has 6 nitrogen and oxygen atoms in total. The maximum atomic E-state index is 12.3. The van der Waals surface area contributed by atoms with Crippen LogP contribution >= 0.6 is 11.6 Å². The Morgan fingerprint density at radius 3 is 2.40 bits per heavy atom. The average molecular weight is 441 g/mol. The molecule has 1 aromatic rings. The number of rotatable bonds is 10. The molecule has 0 saturated carbocycles. The molecule has 0 radical (unpaired) electrons. The number of hydrogen-bond donors (Lipinski definition) is 1. The number of aryl methyl sites for hydroxylation is 1. The molecule has 1 atom stereocenters. The SMILES string of the molecule is CCCN(CCCl)c1ccc(C)c(CC(CC(=O)OC)NC(=O)OC(C)(C)C)c1C. The zero-order valence-corrected chi connectivity index (χ0v) is 20.2. The molecule has 0 aliphatic carbocycles. The molecule has 1 N–H and O–H groups in total. The topological polar surface area (TPSA) is 67.9 Å². The minimum atomic E-state index is -0.617. The number of esters is 1. The Labute approximate surface area is 186 Å². The van der Waals surface area contributed by atoms with Crippen LogP contribution in [-0.4, -0.2) is 49.8 Å². The monoisotopic (exact) mass is 440 g/mol. The first-order chi connectivity index (χ1) is 14.0. The van der Waals surface area contributed by atoms with E-state index in [1.807, 2.05) is 6.92 Å². The van der Waals surface area contributed by atoms with Crippen molar-refractivity contribution >= 4 is 29.4 Å². The number of nitrogens with zero attached hydrogens (tertiary/aromatic N) is 1. The van der Waals surface area contributed by atoms with Gasteiger partial charge in [-0.2, -0.15) is 0 Å². The van der Waals surface area contributed by atoms with E-state index in [-0.39, 0.29) is 12.4 Å². The summed E-state index contributed by atoms with van der Waals surface area (Å²) in [7, 11) is 1.35. The summed E-state index contributed by atoms with van der Waals surface area (Å²) >= 11 is 6.02. The lowest BCUT2D eigenvalue weighted by Gasteiger charge is -2.28. The predicted molar refractivity (Wildman–Crippen MR) is 123 cm³/mol. The fraction of sp³-hybridized carbons (Fsp3) is 0.652. The number of amides is 1. The summed E-state index contributed by atoms with van der Waals surface area (Å²) in [5.74, 6) is 0.172. The second-order valence-corrected chi connectivity index (χ2v) is 8.89. The first kappa shape index (κ1) is 26.1. The van der Waals surface area contributed by atoms with Gasteiger partial charge in [0, 0.05) is 30.7 Å². The molecule has 7 heteroatoms. The van der Waals surface area contributed by atoms with Gasteiger partial charge in [-0.25, -0.2) is 4.79 Å². The molecule has 0 heterocycles. The quantitative estimate of drug-likeness (QED) is 0.419. The van der Waals surface area contributed by atoms with Crippen LogP contribution in [-0.2, 0) is 20.7 Å². The van der Waals surface area contributed by atoms with Crippen molar-refractivity contribution in [3.63, 3.8) is 0 Å². The molecule has 0 spiro atoms. The molecule has 170 valence electrons. The lowest BCUT2D eigenvalue weighted by molar-refractivity contribution is -0.141. The summed E-state index contributed by atoms with van der Waals surface area (Å²) in [5, 5.41) is 2.84. The highest BCUT2D eigenvalue weighted by Crippen LogP contribution is 2.28. The van der Waals surface area contributed by atoms with Crippen molar-refractivity contribution in [2.75, 3.05) is 31.0 Å². The Bertz CT molecular complexity index is 710. The van der Waals surface area contributed by atoms with Crippen molar-refractivity contribution in [2.24, 2.45) is 0 Å². The lowest BCUT2D eigenvalue weighted by atomic mass is 9.93. The molecule has 1 amide bonds. The van der Waals surface area contributed by atoms with Crippen molar-refractivity contribution in [3.8, 4) is 0 Å². The average Bonchev–Trinajstić information content (AvgIpc) is 2.63. The molecular weight excluding hydrogens is 404 g/mol. The number of methoxy groups -OCH3 is 1. The predicted octanol–water partition coefficient (Wildman–Crippen LogP) is 4.76. The Morgan fingerprint density at radius 2 is 1.87 bits per heavy atom. The Kier molecular flexibility index (Phi) is 10.5. The highest BCUT2D eigenvalue weighted by atomic mass is 35.5. The van der Waals surface area contributed by atoms with Gasteiger partial charge in [0.1, 0.15) is 5.60 Å². The third-order valence-corrected chi connectivity index (χ3v) is 4.97. The molecule has 0 aromatic heterocycles. The van der Waals surface area contributed by atoms with Crippen LogP contribution in [0.2, 0.25) is 0 Å². The Balaban J connectivity index is 3.19. The van der Waals surface area contributed by atoms with Gasteiger partial charge in [0.2, 0.25) is 0 Å². The first-order valence-electron chi connectivity index (χ1n) is 10.5. The Morgan fingerprint density at radius 1 is 1.20 bits per heavy atom. The fourth-order valence-electron chi connectivity index (χ4n) is 3.44. The summed E-state index contributed by atoms with van der Waals surface area (Å²) in [6, 6.07) is 3.76. The summed E-state index contributed by atoms with van der Waals surface area (Å²) in [6.07, 6.45) is 1.04. The zero-order valence-electron chi connectivity index (χ0n) is 19.4. The second-order valence-electron chi connectivity index (χ2n) is 8.51. The summed E-state index contributed by atoms with van der Waals surface area (Å²) in [6.45, 7) is 13.4. The highest BCUT2D eigenvalue weighted by molar-refractivity contribution is 6.18. The van der Waals surface area contributed by atoms with Crippen molar-refractivity contribution in [2.45, 2.75) is 72.4 Å². The van der Waals surface area contributed by atoms with Crippen LogP contribution in [0.25, 0.3) is 0 Å². The van der Waals surface area contributed by atoms with Crippen molar-refractivity contribution in [1.82, 2.24) is 5.32 Å². The van der Waals surface area contributed by atoms with E-state index in [2.05, 4.69) is 36.2 Å². The minimum Gasteiger partial charge on any atom is -0.469 e. The van der Waals surface area contributed by atoms with Gasteiger partial charge in [-0.15, -0.1) is 11.6 Å². The van der Waals surface area contributed by atoms with Crippen LogP contribution in [0.15, 0.2) is 12.1 Å². The number of halogens is 1. The number of alkyl halides is 1. The van der Waals surface area contributed by atoms with Crippen LogP contribution in [0, 0.1) is 13.8 Å². The molecule has 0 saturated heterocycles. The number of hydrogen-bond acceptors (Lipinski definition) is 5. The van der Waals surface area contributed by atoms with Gasteiger partial charge in [0.05, 0.1) is 13.5 Å². The van der Waals surface area contributed by atoms with Crippen molar-refractivity contribution in [3.05, 3.63) is 28.8 Å². The summed E-state index contributed by atoms with van der Waals surface area (Å²) < 4.78 is 10.2. The largest absolute Gasteiger partial charge is 0.469 e. The molecule has 30 heavy (non-hydrogen) atoms. The van der Waals surface area contributed by atoms with E-state index in [0.717, 1.165) is 41.9 Å². The molecule has 0 aliphatic rings. The summed E-state index contributed by atoms with van der Waals surface area (Å²) in [4.78, 5) is 26.6. The number of carbonyl (C=O) groups excluding carboxylic acids is 2. The summed E-state index contributed by atoms with van der Waals surface area (Å²) in [5.41, 5.74) is 3.86. The molecule has 1 aromatic carbocycles. The van der Waals surface area contributed by atoms with Crippen LogP contribution in [0.5, 0.6) is 0 Å². The third kappa shape index (κ3) is 8.42. The number of nitrogens with one attached hydrogen (secondary N) is 1. The van der Waals surface area contributed by atoms with Crippen molar-refractivity contribution < 1.29 is 19.1 Å². The van der Waals surface area contributed by atoms with Crippen LogP contribution in [0.3, 0.4) is 0 Å². The number of ether oxygens (including phenoxy) is 2. The van der Waals surface area contributed by atoms with Gasteiger partial charge in [-0.3, -0.25) is 4.79 Å². The normalized spacial score (nSPS) is 12.3. The molecule has 1 rings (SSSR count). The number of anilines is 1. The Hall–Kier alpha value is -1.95. The van der Waals surface area contributed by atoms with E-state index in [1.165, 1.54) is 7.11 Å². The maximum absolute atomic E-state index is 12.3. The molecule has 1 unspecified atom stereocenters. The van der Waals surface area contributed by atoms with Crippen LogP contribution in [0.4, 0.5) is 10.5 Å². The second kappa shape index (κ2) is 12.0. The first-order valence-corrected chi connectivity index (χ1v) is 11.0. The van der Waals surface area contributed by atoms with Gasteiger partial charge < -0.3 is 19.7 Å². The van der Waals surface area contributed by atoms with Gasteiger partial charge in [0.15, 0.2) is 0 Å². The highest BCUT2D eigenvalue weighted by Gasteiger charge is 2.24. The van der Waals surface area contributed by atoms with Gasteiger partial charge in [-0.1, -0.05) is 13.0 Å². The van der Waals surface area contributed by atoms with E-state index < -0.39 is 17.7 Å². The van der Waals surface area contributed by atoms with E-state index in [1.54, 1.807) is 20.8 Å². The van der Waals surface area contributed by atoms with E-state index >= 15 is 0 Å². The van der Waals surface area contributed by atoms with E-state index in [0.29, 0.717) is 12.3 Å². The maximum Gasteiger partial charge on any atom is 0.407 e. The van der Waals surface area contributed by atoms with Crippen molar-refractivity contribution in [1.29, 1.82) is 0 Å².